The maximum Gasteiger partial charge on any atom is 0.330 e. The van der Waals surface area contributed by atoms with Crippen LogP contribution >= 0.6 is 0 Å². The predicted octanol–water partition coefficient (Wildman–Crippen LogP) is 1.84. The molecule has 0 spiro atoms. The summed E-state index contributed by atoms with van der Waals surface area (Å²) in [4.78, 5) is 11.3. The molecule has 1 aromatic carbocycles. The van der Waals surface area contributed by atoms with Crippen LogP contribution < -0.4 is 0 Å². The van der Waals surface area contributed by atoms with E-state index >= 15 is 0 Å². The summed E-state index contributed by atoms with van der Waals surface area (Å²) in [5, 5.41) is 20.0. The molecular formula is C19H22O5. The fraction of sp³-hybridized carbons (Fsp3) is 0.421. The van der Waals surface area contributed by atoms with E-state index in [0.717, 1.165) is 5.56 Å². The highest BCUT2D eigenvalue weighted by Gasteiger charge is 2.33. The summed E-state index contributed by atoms with van der Waals surface area (Å²) in [5.41, 5.74) is 1.07. The van der Waals surface area contributed by atoms with Crippen LogP contribution in [0.25, 0.3) is 6.08 Å². The van der Waals surface area contributed by atoms with E-state index in [9.17, 15) is 15.0 Å². The predicted molar refractivity (Wildman–Crippen MR) is 89.0 cm³/mol. The van der Waals surface area contributed by atoms with Crippen LogP contribution in [0.15, 0.2) is 48.6 Å². The Balaban J connectivity index is 1.60. The maximum absolute atomic E-state index is 11.3. The van der Waals surface area contributed by atoms with Crippen molar-refractivity contribution in [2.75, 3.05) is 0 Å². The normalized spacial score (nSPS) is 33.6. The lowest BCUT2D eigenvalue weighted by molar-refractivity contribution is -0.155. The van der Waals surface area contributed by atoms with E-state index in [1.165, 1.54) is 12.2 Å². The standard InChI is InChI=1S/C19H22O5/c20-14-10-15(7-6-13-4-2-1-3-5-13)23-16(11-14)12-18-17(21)8-9-19(22)24-18/h1-9,14-18,20-21H,10-12H2/b7-6+/t14-,15+,16-,17+,18+/m0/s1. The molecule has 1 saturated heterocycles. The first-order chi connectivity index (χ1) is 11.6. The molecule has 5 heteroatoms. The molecule has 5 nitrogen and oxygen atoms in total. The zero-order valence-electron chi connectivity index (χ0n) is 13.3. The first kappa shape index (κ1) is 16.9. The van der Waals surface area contributed by atoms with Crippen LogP contribution in [0, 0.1) is 0 Å². The number of carbonyl (C=O) groups is 1. The summed E-state index contributed by atoms with van der Waals surface area (Å²) in [6.07, 6.45) is 5.54. The van der Waals surface area contributed by atoms with Crippen molar-refractivity contribution in [3.8, 4) is 0 Å². The molecule has 0 saturated carbocycles. The summed E-state index contributed by atoms with van der Waals surface area (Å²) in [6.45, 7) is 0. The smallest absolute Gasteiger partial charge is 0.330 e. The van der Waals surface area contributed by atoms with Gasteiger partial charge in [-0.2, -0.15) is 0 Å². The minimum Gasteiger partial charge on any atom is -0.456 e. The maximum atomic E-state index is 11.3. The molecule has 1 aromatic rings. The molecule has 1 fully saturated rings. The molecule has 2 aliphatic rings. The Bertz CT molecular complexity index is 609. The number of aliphatic hydroxyl groups excluding tert-OH is 2. The van der Waals surface area contributed by atoms with Crippen LogP contribution in [0.4, 0.5) is 0 Å². The van der Waals surface area contributed by atoms with Gasteiger partial charge < -0.3 is 19.7 Å². The topological polar surface area (TPSA) is 76.0 Å². The van der Waals surface area contributed by atoms with Gasteiger partial charge in [0.15, 0.2) is 0 Å². The number of hydrogen-bond donors (Lipinski definition) is 2. The Kier molecular flexibility index (Phi) is 5.45. The van der Waals surface area contributed by atoms with Crippen LogP contribution in [0.3, 0.4) is 0 Å². The molecule has 2 aliphatic heterocycles. The quantitative estimate of drug-likeness (QED) is 0.824. The van der Waals surface area contributed by atoms with E-state index in [1.807, 2.05) is 42.5 Å². The fourth-order valence-corrected chi connectivity index (χ4v) is 3.09. The number of ether oxygens (including phenoxy) is 2. The number of esters is 1. The highest BCUT2D eigenvalue weighted by Crippen LogP contribution is 2.26. The Morgan fingerprint density at radius 3 is 2.75 bits per heavy atom. The SMILES string of the molecule is O=C1C=C[C@@H](O)[C@@H](C[C@@H]2C[C@@H](O)C[C@@H](/C=C/c3ccccc3)O2)O1. The molecule has 0 amide bonds. The van der Waals surface area contributed by atoms with Crippen LogP contribution in [-0.4, -0.2) is 46.7 Å². The molecule has 0 bridgehead atoms. The molecule has 5 atom stereocenters. The largest absolute Gasteiger partial charge is 0.456 e. The second-order valence-electron chi connectivity index (χ2n) is 6.25. The lowest BCUT2D eigenvalue weighted by Crippen LogP contribution is -2.41. The third-order valence-corrected chi connectivity index (χ3v) is 4.28. The molecule has 3 rings (SSSR count). The van der Waals surface area contributed by atoms with Crippen molar-refractivity contribution in [2.24, 2.45) is 0 Å². The Morgan fingerprint density at radius 2 is 1.96 bits per heavy atom. The number of hydrogen-bond acceptors (Lipinski definition) is 5. The molecule has 2 heterocycles. The van der Waals surface area contributed by atoms with E-state index in [2.05, 4.69) is 0 Å². The number of aliphatic hydroxyl groups is 2. The first-order valence-electron chi connectivity index (χ1n) is 8.24. The van der Waals surface area contributed by atoms with Crippen LogP contribution in [0.1, 0.15) is 24.8 Å². The van der Waals surface area contributed by atoms with Gasteiger partial charge in [-0.1, -0.05) is 42.5 Å². The Labute approximate surface area is 141 Å². The van der Waals surface area contributed by atoms with E-state index in [1.54, 1.807) is 0 Å². The van der Waals surface area contributed by atoms with E-state index in [-0.39, 0.29) is 12.2 Å². The number of cyclic esters (lactones) is 1. The molecule has 0 unspecified atom stereocenters. The summed E-state index contributed by atoms with van der Waals surface area (Å²) in [6, 6.07) is 9.88. The monoisotopic (exact) mass is 330 g/mol. The number of carbonyl (C=O) groups excluding carboxylic acids is 1. The van der Waals surface area contributed by atoms with Crippen molar-refractivity contribution in [1.82, 2.24) is 0 Å². The molecular weight excluding hydrogens is 308 g/mol. The average Bonchev–Trinajstić information content (AvgIpc) is 2.57. The summed E-state index contributed by atoms with van der Waals surface area (Å²) >= 11 is 0. The minimum absolute atomic E-state index is 0.203. The first-order valence-corrected chi connectivity index (χ1v) is 8.24. The molecule has 128 valence electrons. The molecule has 0 radical (unpaired) electrons. The van der Waals surface area contributed by atoms with Gasteiger partial charge in [0.2, 0.25) is 0 Å². The number of benzene rings is 1. The van der Waals surface area contributed by atoms with Crippen molar-refractivity contribution >= 4 is 12.0 Å². The fourth-order valence-electron chi connectivity index (χ4n) is 3.09. The van der Waals surface area contributed by atoms with Gasteiger partial charge in [-0.3, -0.25) is 0 Å². The van der Waals surface area contributed by atoms with Crippen molar-refractivity contribution in [2.45, 2.75) is 49.8 Å². The van der Waals surface area contributed by atoms with Gasteiger partial charge in [0.25, 0.3) is 0 Å². The third-order valence-electron chi connectivity index (χ3n) is 4.28. The Morgan fingerprint density at radius 1 is 1.17 bits per heavy atom. The third kappa shape index (κ3) is 4.54. The highest BCUT2D eigenvalue weighted by atomic mass is 16.6. The van der Waals surface area contributed by atoms with Gasteiger partial charge in [-0.05, 0) is 18.1 Å². The van der Waals surface area contributed by atoms with Gasteiger partial charge in [-0.15, -0.1) is 0 Å². The van der Waals surface area contributed by atoms with Crippen molar-refractivity contribution in [3.63, 3.8) is 0 Å². The van der Waals surface area contributed by atoms with Crippen LogP contribution in [0.5, 0.6) is 0 Å². The molecule has 0 aliphatic carbocycles. The molecule has 0 aromatic heterocycles. The molecule has 24 heavy (non-hydrogen) atoms. The van der Waals surface area contributed by atoms with Crippen molar-refractivity contribution < 1.29 is 24.5 Å². The second-order valence-corrected chi connectivity index (χ2v) is 6.25. The summed E-state index contributed by atoms with van der Waals surface area (Å²) < 4.78 is 11.1. The summed E-state index contributed by atoms with van der Waals surface area (Å²) in [7, 11) is 0. The van der Waals surface area contributed by atoms with Gasteiger partial charge >= 0.3 is 5.97 Å². The zero-order chi connectivity index (χ0) is 16.9. The minimum atomic E-state index is -0.830. The lowest BCUT2D eigenvalue weighted by Gasteiger charge is -2.34. The molecule has 2 N–H and O–H groups in total. The zero-order valence-corrected chi connectivity index (χ0v) is 13.3. The van der Waals surface area contributed by atoms with Gasteiger partial charge in [-0.25, -0.2) is 4.79 Å². The highest BCUT2D eigenvalue weighted by molar-refractivity contribution is 5.83. The lowest BCUT2D eigenvalue weighted by atomic mass is 9.94. The van der Waals surface area contributed by atoms with Gasteiger partial charge in [0.1, 0.15) is 12.2 Å². The second kappa shape index (κ2) is 7.75. The van der Waals surface area contributed by atoms with E-state index < -0.39 is 24.3 Å². The Hall–Kier alpha value is -1.95. The van der Waals surface area contributed by atoms with Crippen LogP contribution in [-0.2, 0) is 14.3 Å². The van der Waals surface area contributed by atoms with Gasteiger partial charge in [0, 0.05) is 18.9 Å². The van der Waals surface area contributed by atoms with E-state index in [0.29, 0.717) is 19.3 Å². The van der Waals surface area contributed by atoms with Crippen molar-refractivity contribution in [1.29, 1.82) is 0 Å². The van der Waals surface area contributed by atoms with Crippen LogP contribution in [0.2, 0.25) is 0 Å². The van der Waals surface area contributed by atoms with Gasteiger partial charge in [0.05, 0.1) is 18.3 Å². The number of rotatable bonds is 4. The van der Waals surface area contributed by atoms with E-state index in [4.69, 9.17) is 9.47 Å². The average molecular weight is 330 g/mol. The van der Waals surface area contributed by atoms with Crippen molar-refractivity contribution in [3.05, 3.63) is 54.1 Å². The summed E-state index contributed by atoms with van der Waals surface area (Å²) in [5.74, 6) is -0.456.